The number of rotatable bonds is 6. The van der Waals surface area contributed by atoms with Crippen LogP contribution in [0.3, 0.4) is 0 Å². The number of hydrogen-bond acceptors (Lipinski definition) is 4. The summed E-state index contributed by atoms with van der Waals surface area (Å²) in [5, 5.41) is 7.35. The van der Waals surface area contributed by atoms with Gasteiger partial charge < -0.3 is 4.90 Å². The quantitative estimate of drug-likeness (QED) is 0.651. The van der Waals surface area contributed by atoms with Crippen molar-refractivity contribution in [1.82, 2.24) is 10.3 Å². The van der Waals surface area contributed by atoms with Gasteiger partial charge in [0.25, 0.3) is 0 Å². The van der Waals surface area contributed by atoms with Crippen molar-refractivity contribution in [2.24, 2.45) is 5.10 Å². The highest BCUT2D eigenvalue weighted by Crippen LogP contribution is 2.17. The molecule has 0 saturated carbocycles. The number of benzene rings is 2. The Hall–Kier alpha value is -3.15. The molecule has 6 heteroatoms. The topological polar surface area (TPSA) is 65.0 Å². The fourth-order valence-electron chi connectivity index (χ4n) is 2.62. The lowest BCUT2D eigenvalue weighted by atomic mass is 10.1. The van der Waals surface area contributed by atoms with Gasteiger partial charge in [-0.2, -0.15) is 5.10 Å². The van der Waals surface area contributed by atoms with Crippen molar-refractivity contribution in [2.75, 3.05) is 18.0 Å². The van der Waals surface area contributed by atoms with Gasteiger partial charge in [0.15, 0.2) is 0 Å². The molecule has 0 aliphatic carbocycles. The largest absolute Gasteiger partial charge is 0.367 e. The summed E-state index contributed by atoms with van der Waals surface area (Å²) < 4.78 is 0. The van der Waals surface area contributed by atoms with Crippen LogP contribution in [0.1, 0.15) is 18.1 Å². The van der Waals surface area contributed by atoms with Crippen LogP contribution in [0.25, 0.3) is 0 Å². The standard InChI is InChI=1S/C19H20N4O2/c1-2-22(13-16-6-4-3-5-7-16)17-10-8-15(9-11-17)12-20-23-14-18(24)21-19(23)25/h3-12H,2,13-14H2,1H3,(H,21,24,25)/b20-12-. The SMILES string of the molecule is CCN(Cc1ccccc1)c1ccc(/C=N\N2CC(=O)NC2=O)cc1. The van der Waals surface area contributed by atoms with Gasteiger partial charge in [-0.15, -0.1) is 0 Å². The molecular formula is C19H20N4O2. The molecule has 3 amide bonds. The van der Waals surface area contributed by atoms with E-state index in [1.807, 2.05) is 42.5 Å². The van der Waals surface area contributed by atoms with E-state index in [4.69, 9.17) is 0 Å². The summed E-state index contributed by atoms with van der Waals surface area (Å²) >= 11 is 0. The van der Waals surface area contributed by atoms with Crippen LogP contribution < -0.4 is 10.2 Å². The molecule has 3 rings (SSSR count). The normalized spacial score (nSPS) is 14.2. The Labute approximate surface area is 146 Å². The number of imide groups is 1. The first-order chi connectivity index (χ1) is 12.2. The molecule has 6 nitrogen and oxygen atoms in total. The first-order valence-electron chi connectivity index (χ1n) is 8.20. The van der Waals surface area contributed by atoms with Crippen molar-refractivity contribution in [3.8, 4) is 0 Å². The summed E-state index contributed by atoms with van der Waals surface area (Å²) in [6.07, 6.45) is 1.58. The summed E-state index contributed by atoms with van der Waals surface area (Å²) in [5.41, 5.74) is 3.25. The second-order valence-electron chi connectivity index (χ2n) is 5.75. The number of carbonyl (C=O) groups is 2. The predicted molar refractivity (Wildman–Crippen MR) is 97.4 cm³/mol. The van der Waals surface area contributed by atoms with Gasteiger partial charge in [-0.05, 0) is 30.2 Å². The zero-order valence-electron chi connectivity index (χ0n) is 14.1. The monoisotopic (exact) mass is 336 g/mol. The van der Waals surface area contributed by atoms with Crippen molar-refractivity contribution in [3.05, 3.63) is 65.7 Å². The predicted octanol–water partition coefficient (Wildman–Crippen LogP) is 2.60. The first-order valence-corrected chi connectivity index (χ1v) is 8.20. The van der Waals surface area contributed by atoms with E-state index in [1.54, 1.807) is 6.21 Å². The fraction of sp³-hybridized carbons (Fsp3) is 0.211. The minimum Gasteiger partial charge on any atom is -0.367 e. The van der Waals surface area contributed by atoms with Crippen molar-refractivity contribution in [2.45, 2.75) is 13.5 Å². The molecule has 25 heavy (non-hydrogen) atoms. The lowest BCUT2D eigenvalue weighted by Gasteiger charge is -2.23. The van der Waals surface area contributed by atoms with Gasteiger partial charge in [-0.25, -0.2) is 9.80 Å². The molecule has 1 aliphatic rings. The van der Waals surface area contributed by atoms with E-state index in [1.165, 1.54) is 5.56 Å². The molecule has 0 bridgehead atoms. The van der Waals surface area contributed by atoms with Crippen molar-refractivity contribution in [3.63, 3.8) is 0 Å². The van der Waals surface area contributed by atoms with Gasteiger partial charge in [0.1, 0.15) is 6.54 Å². The van der Waals surface area contributed by atoms with Crippen LogP contribution >= 0.6 is 0 Å². The van der Waals surface area contributed by atoms with Crippen molar-refractivity contribution in [1.29, 1.82) is 0 Å². The number of hydrogen-bond donors (Lipinski definition) is 1. The van der Waals surface area contributed by atoms with Gasteiger partial charge in [-0.1, -0.05) is 42.5 Å². The Kier molecular flexibility index (Phi) is 5.09. The van der Waals surface area contributed by atoms with E-state index < -0.39 is 6.03 Å². The van der Waals surface area contributed by atoms with Crippen LogP contribution in [0.15, 0.2) is 59.7 Å². The number of amides is 3. The summed E-state index contributed by atoms with van der Waals surface area (Å²) in [7, 11) is 0. The zero-order valence-corrected chi connectivity index (χ0v) is 14.1. The Morgan fingerprint density at radius 2 is 1.84 bits per heavy atom. The van der Waals surface area contributed by atoms with Crippen LogP contribution in [0, 0.1) is 0 Å². The molecule has 128 valence electrons. The minimum atomic E-state index is -0.488. The molecule has 1 heterocycles. The van der Waals surface area contributed by atoms with E-state index in [-0.39, 0.29) is 12.5 Å². The summed E-state index contributed by atoms with van der Waals surface area (Å²) in [4.78, 5) is 24.8. The Morgan fingerprint density at radius 1 is 1.12 bits per heavy atom. The Morgan fingerprint density at radius 3 is 2.44 bits per heavy atom. The van der Waals surface area contributed by atoms with Gasteiger partial charge in [0, 0.05) is 18.8 Å². The lowest BCUT2D eigenvalue weighted by molar-refractivity contribution is -0.118. The Balaban J connectivity index is 1.66. The first kappa shape index (κ1) is 16.7. The third-order valence-electron chi connectivity index (χ3n) is 3.98. The summed E-state index contributed by atoms with van der Waals surface area (Å²) in [6, 6.07) is 17.8. The van der Waals surface area contributed by atoms with E-state index >= 15 is 0 Å². The van der Waals surface area contributed by atoms with E-state index in [0.29, 0.717) is 0 Å². The number of hydrazone groups is 1. The number of nitrogens with one attached hydrogen (secondary N) is 1. The van der Waals surface area contributed by atoms with Gasteiger partial charge >= 0.3 is 6.03 Å². The van der Waals surface area contributed by atoms with Crippen LogP contribution in [-0.2, 0) is 11.3 Å². The third-order valence-corrected chi connectivity index (χ3v) is 3.98. The van der Waals surface area contributed by atoms with Gasteiger partial charge in [0.2, 0.25) is 5.91 Å². The van der Waals surface area contributed by atoms with Gasteiger partial charge in [0.05, 0.1) is 6.21 Å². The maximum Gasteiger partial charge on any atom is 0.344 e. The molecule has 2 aromatic carbocycles. The molecule has 1 N–H and O–H groups in total. The van der Waals surface area contributed by atoms with E-state index in [9.17, 15) is 9.59 Å². The second-order valence-corrected chi connectivity index (χ2v) is 5.75. The molecule has 1 fully saturated rings. The highest BCUT2D eigenvalue weighted by molar-refractivity contribution is 6.02. The maximum atomic E-state index is 11.4. The highest BCUT2D eigenvalue weighted by atomic mass is 16.2. The fourth-order valence-corrected chi connectivity index (χ4v) is 2.62. The number of nitrogens with zero attached hydrogens (tertiary/aromatic N) is 3. The average Bonchev–Trinajstić information content (AvgIpc) is 2.96. The van der Waals surface area contributed by atoms with Gasteiger partial charge in [-0.3, -0.25) is 10.1 Å². The molecule has 0 aromatic heterocycles. The van der Waals surface area contributed by atoms with E-state index in [0.717, 1.165) is 29.3 Å². The van der Waals surface area contributed by atoms with Crippen LogP contribution in [0.2, 0.25) is 0 Å². The molecule has 0 unspecified atom stereocenters. The van der Waals surface area contributed by atoms with Crippen LogP contribution in [0.5, 0.6) is 0 Å². The number of anilines is 1. The Bertz CT molecular complexity index is 772. The zero-order chi connectivity index (χ0) is 17.6. The molecule has 1 aliphatic heterocycles. The summed E-state index contributed by atoms with van der Waals surface area (Å²) in [6.45, 7) is 3.84. The summed E-state index contributed by atoms with van der Waals surface area (Å²) in [5.74, 6) is -0.336. The van der Waals surface area contributed by atoms with Crippen molar-refractivity contribution < 1.29 is 9.59 Å². The molecule has 1 saturated heterocycles. The molecule has 2 aromatic rings. The van der Waals surface area contributed by atoms with Crippen molar-refractivity contribution >= 4 is 23.8 Å². The number of urea groups is 1. The molecular weight excluding hydrogens is 316 g/mol. The maximum absolute atomic E-state index is 11.4. The highest BCUT2D eigenvalue weighted by Gasteiger charge is 2.25. The molecule has 0 spiro atoms. The molecule has 0 atom stereocenters. The van der Waals surface area contributed by atoms with E-state index in [2.05, 4.69) is 34.4 Å². The van der Waals surface area contributed by atoms with Crippen LogP contribution in [-0.4, -0.2) is 36.3 Å². The number of carbonyl (C=O) groups excluding carboxylic acids is 2. The minimum absolute atomic E-state index is 0.0336. The smallest absolute Gasteiger partial charge is 0.344 e. The average molecular weight is 336 g/mol. The molecule has 0 radical (unpaired) electrons. The second kappa shape index (κ2) is 7.61. The van der Waals surface area contributed by atoms with Crippen LogP contribution in [0.4, 0.5) is 10.5 Å². The third kappa shape index (κ3) is 4.23. The lowest BCUT2D eigenvalue weighted by Crippen LogP contribution is -2.24.